The topological polar surface area (TPSA) is 85.2 Å². The second-order valence-electron chi connectivity index (χ2n) is 4.28. The molecule has 0 bridgehead atoms. The van der Waals surface area contributed by atoms with Crippen molar-refractivity contribution in [1.82, 2.24) is 0 Å². The van der Waals surface area contributed by atoms with Crippen LogP contribution in [0.25, 0.3) is 0 Å². The second kappa shape index (κ2) is 6.24. The molecule has 0 radical (unpaired) electrons. The number of benzene rings is 1. The van der Waals surface area contributed by atoms with Crippen LogP contribution in [0.5, 0.6) is 17.2 Å². The molecule has 1 aliphatic heterocycles. The maximum Gasteiger partial charge on any atom is 0.563 e. The van der Waals surface area contributed by atoms with Crippen LogP contribution in [-0.2, 0) is 0 Å². The van der Waals surface area contributed by atoms with Gasteiger partial charge in [-0.3, -0.25) is 0 Å². The van der Waals surface area contributed by atoms with E-state index in [9.17, 15) is 14.9 Å². The number of carboxylic acid groups (broad SMARTS) is 1. The van der Waals surface area contributed by atoms with Crippen molar-refractivity contribution in [3.05, 3.63) is 16.7 Å². The molecular weight excluding hydrogens is 286 g/mol. The van der Waals surface area contributed by atoms with Crippen LogP contribution in [0.2, 0.25) is 5.02 Å². The van der Waals surface area contributed by atoms with Gasteiger partial charge < -0.3 is 24.3 Å². The van der Waals surface area contributed by atoms with Crippen molar-refractivity contribution in [2.75, 3.05) is 13.1 Å². The van der Waals surface area contributed by atoms with Gasteiger partial charge in [-0.15, -0.1) is 0 Å². The number of unbranched alkanes of at least 4 members (excludes halogenated alkanes) is 1. The fraction of sp³-hybridized carbons (Fsp3) is 0.417. The van der Waals surface area contributed by atoms with Gasteiger partial charge >= 0.3 is 13.1 Å². The minimum Gasteiger partial charge on any atom is -0.531 e. The number of carbonyl (C=O) groups is 1. The molecule has 0 saturated heterocycles. The number of hydrogen-bond acceptors (Lipinski definition) is 5. The summed E-state index contributed by atoms with van der Waals surface area (Å²) < 4.78 is 15.8. The summed E-state index contributed by atoms with van der Waals surface area (Å²) in [5.74, 6) is -1.12. The first-order valence-corrected chi connectivity index (χ1v) is 6.62. The van der Waals surface area contributed by atoms with E-state index in [2.05, 4.69) is 0 Å². The molecule has 0 amide bonds. The summed E-state index contributed by atoms with van der Waals surface area (Å²) in [7, 11) is -1.23. The standard InChI is InChI=1S/C12H14BClO6/c1-2-3-4-18-8-5-7(14)10-11(9(8)12(15)16)20-13(17)6-19-10/h5,17H,2-4,6H2,1H3,(H,15,16). The van der Waals surface area contributed by atoms with Crippen molar-refractivity contribution in [3.8, 4) is 17.2 Å². The van der Waals surface area contributed by atoms with Crippen LogP contribution >= 0.6 is 11.6 Å². The van der Waals surface area contributed by atoms with Crippen molar-refractivity contribution in [3.63, 3.8) is 0 Å². The average molecular weight is 301 g/mol. The lowest BCUT2D eigenvalue weighted by Crippen LogP contribution is -2.35. The highest BCUT2D eigenvalue weighted by Gasteiger charge is 2.33. The highest BCUT2D eigenvalue weighted by atomic mass is 35.5. The molecular formula is C12H14BClO6. The van der Waals surface area contributed by atoms with Gasteiger partial charge in [0.1, 0.15) is 17.8 Å². The average Bonchev–Trinajstić information content (AvgIpc) is 2.38. The van der Waals surface area contributed by atoms with Crippen LogP contribution < -0.4 is 14.1 Å². The zero-order valence-electron chi connectivity index (χ0n) is 10.9. The molecule has 20 heavy (non-hydrogen) atoms. The number of carboxylic acids is 1. The third-order valence-corrected chi connectivity index (χ3v) is 3.03. The molecule has 0 aliphatic carbocycles. The van der Waals surface area contributed by atoms with Crippen molar-refractivity contribution in [1.29, 1.82) is 0 Å². The Morgan fingerprint density at radius 1 is 1.55 bits per heavy atom. The maximum atomic E-state index is 11.4. The monoisotopic (exact) mass is 300 g/mol. The zero-order chi connectivity index (χ0) is 14.7. The number of halogens is 1. The van der Waals surface area contributed by atoms with Gasteiger partial charge in [0.05, 0.1) is 11.6 Å². The van der Waals surface area contributed by atoms with E-state index < -0.39 is 13.1 Å². The highest BCUT2D eigenvalue weighted by molar-refractivity contribution is 6.44. The lowest BCUT2D eigenvalue weighted by atomic mass is 9.91. The van der Waals surface area contributed by atoms with Crippen LogP contribution in [0.3, 0.4) is 0 Å². The van der Waals surface area contributed by atoms with E-state index in [1.165, 1.54) is 6.07 Å². The Labute approximate surface area is 121 Å². The van der Waals surface area contributed by atoms with E-state index >= 15 is 0 Å². The summed E-state index contributed by atoms with van der Waals surface area (Å²) in [6.45, 7) is 2.26. The molecule has 8 heteroatoms. The molecule has 0 spiro atoms. The SMILES string of the molecule is CCCCOc1cc(Cl)c2c(c1C(=O)O)OB(O)CO2. The van der Waals surface area contributed by atoms with Gasteiger partial charge in [-0.25, -0.2) is 4.79 Å². The summed E-state index contributed by atoms with van der Waals surface area (Å²) in [4.78, 5) is 11.4. The second-order valence-corrected chi connectivity index (χ2v) is 4.69. The van der Waals surface area contributed by atoms with E-state index in [-0.39, 0.29) is 34.3 Å². The van der Waals surface area contributed by atoms with Gasteiger partial charge in [0.15, 0.2) is 11.5 Å². The largest absolute Gasteiger partial charge is 0.563 e. The fourth-order valence-corrected chi connectivity index (χ4v) is 2.04. The van der Waals surface area contributed by atoms with Gasteiger partial charge in [0.25, 0.3) is 0 Å². The predicted octanol–water partition coefficient (Wildman–Crippen LogP) is 2.01. The Kier molecular flexibility index (Phi) is 4.62. The van der Waals surface area contributed by atoms with Crippen molar-refractivity contribution >= 4 is 24.7 Å². The molecule has 108 valence electrons. The molecule has 1 aromatic rings. The molecule has 1 aromatic carbocycles. The third-order valence-electron chi connectivity index (χ3n) is 2.75. The Morgan fingerprint density at radius 2 is 2.30 bits per heavy atom. The zero-order valence-corrected chi connectivity index (χ0v) is 11.6. The molecule has 0 fully saturated rings. The number of ether oxygens (including phenoxy) is 2. The smallest absolute Gasteiger partial charge is 0.531 e. The molecule has 1 heterocycles. The summed E-state index contributed by atoms with van der Waals surface area (Å²) in [6, 6.07) is 1.39. The van der Waals surface area contributed by atoms with Gasteiger partial charge in [0, 0.05) is 6.07 Å². The summed E-state index contributed by atoms with van der Waals surface area (Å²) in [5.41, 5.74) is -0.195. The summed E-state index contributed by atoms with van der Waals surface area (Å²) in [5, 5.41) is 18.9. The molecule has 0 saturated carbocycles. The Bertz CT molecular complexity index is 521. The number of aromatic carboxylic acids is 1. The quantitative estimate of drug-likeness (QED) is 0.639. The normalized spacial score (nSPS) is 13.2. The van der Waals surface area contributed by atoms with Crippen LogP contribution in [0, 0.1) is 0 Å². The molecule has 0 atom stereocenters. The van der Waals surface area contributed by atoms with Crippen molar-refractivity contribution < 1.29 is 29.1 Å². The minimum atomic E-state index is -1.23. The molecule has 2 N–H and O–H groups in total. The predicted molar refractivity (Wildman–Crippen MR) is 72.9 cm³/mol. The van der Waals surface area contributed by atoms with E-state index in [0.717, 1.165) is 12.8 Å². The van der Waals surface area contributed by atoms with E-state index in [1.54, 1.807) is 0 Å². The molecule has 1 aliphatic rings. The fourth-order valence-electron chi connectivity index (χ4n) is 1.80. The summed E-state index contributed by atoms with van der Waals surface area (Å²) >= 11 is 6.02. The number of hydrogen-bond donors (Lipinski definition) is 2. The maximum absolute atomic E-state index is 11.4. The van der Waals surface area contributed by atoms with Crippen molar-refractivity contribution in [2.45, 2.75) is 19.8 Å². The molecule has 0 aromatic heterocycles. The van der Waals surface area contributed by atoms with Crippen molar-refractivity contribution in [2.24, 2.45) is 0 Å². The lowest BCUT2D eigenvalue weighted by molar-refractivity contribution is 0.0688. The van der Waals surface area contributed by atoms with E-state index in [1.807, 2.05) is 6.92 Å². The molecule has 2 rings (SSSR count). The Morgan fingerprint density at radius 3 is 2.95 bits per heavy atom. The van der Waals surface area contributed by atoms with Crippen LogP contribution in [0.1, 0.15) is 30.1 Å². The van der Waals surface area contributed by atoms with Gasteiger partial charge in [-0.1, -0.05) is 24.9 Å². The van der Waals surface area contributed by atoms with Crippen LogP contribution in [0.4, 0.5) is 0 Å². The van der Waals surface area contributed by atoms with Gasteiger partial charge in [-0.2, -0.15) is 0 Å². The Balaban J connectivity index is 2.44. The first-order chi connectivity index (χ1) is 9.54. The van der Waals surface area contributed by atoms with Crippen LogP contribution in [0.15, 0.2) is 6.07 Å². The third kappa shape index (κ3) is 2.94. The molecule has 6 nitrogen and oxygen atoms in total. The Hall–Kier alpha value is -1.60. The minimum absolute atomic E-state index is 0.102. The first kappa shape index (κ1) is 14.8. The number of fused-ring (bicyclic) bond motifs is 1. The van der Waals surface area contributed by atoms with Crippen LogP contribution in [-0.4, -0.2) is 36.3 Å². The van der Waals surface area contributed by atoms with E-state index in [4.69, 9.17) is 25.7 Å². The lowest BCUT2D eigenvalue weighted by Gasteiger charge is -2.24. The molecule has 0 unspecified atom stereocenters. The highest BCUT2D eigenvalue weighted by Crippen LogP contribution is 2.45. The number of rotatable bonds is 5. The summed E-state index contributed by atoms with van der Waals surface area (Å²) in [6.07, 6.45) is 1.70. The van der Waals surface area contributed by atoms with E-state index in [0.29, 0.717) is 6.61 Å². The van der Waals surface area contributed by atoms with Gasteiger partial charge in [0.2, 0.25) is 0 Å². The van der Waals surface area contributed by atoms with Gasteiger partial charge in [-0.05, 0) is 6.42 Å². The first-order valence-electron chi connectivity index (χ1n) is 6.24.